The van der Waals surface area contributed by atoms with Crippen LogP contribution in [0.25, 0.3) is 0 Å². The van der Waals surface area contributed by atoms with E-state index in [1.54, 1.807) is 6.33 Å². The highest BCUT2D eigenvalue weighted by Crippen LogP contribution is 2.30. The quantitative estimate of drug-likeness (QED) is 0.871. The number of aryl methyl sites for hydroxylation is 1. The number of hydrogen-bond donors (Lipinski definition) is 1. The Morgan fingerprint density at radius 2 is 2.17 bits per heavy atom. The average Bonchev–Trinajstić information content (AvgIpc) is 2.76. The largest absolute Gasteiger partial charge is 0.321 e. The van der Waals surface area contributed by atoms with Crippen LogP contribution in [-0.2, 0) is 13.5 Å². The van der Waals surface area contributed by atoms with E-state index < -0.39 is 0 Å². The summed E-state index contributed by atoms with van der Waals surface area (Å²) < 4.78 is 2.00. The molecule has 0 spiro atoms. The average molecular weight is 250 g/mol. The van der Waals surface area contributed by atoms with Crippen LogP contribution in [0, 0.1) is 11.8 Å². The second-order valence-electron chi connectivity index (χ2n) is 5.86. The molecule has 1 aromatic heterocycles. The van der Waals surface area contributed by atoms with Crippen molar-refractivity contribution in [2.45, 2.75) is 52.0 Å². The summed E-state index contributed by atoms with van der Waals surface area (Å²) >= 11 is 0. The molecule has 2 unspecified atom stereocenters. The van der Waals surface area contributed by atoms with Crippen LogP contribution in [0.15, 0.2) is 6.33 Å². The first kappa shape index (κ1) is 13.5. The minimum atomic E-state index is 0.701. The van der Waals surface area contributed by atoms with E-state index in [-0.39, 0.29) is 0 Å². The highest BCUT2D eigenvalue weighted by molar-refractivity contribution is 4.87. The Bertz CT molecular complexity index is 358. The molecule has 1 heterocycles. The van der Waals surface area contributed by atoms with Crippen molar-refractivity contribution >= 4 is 0 Å². The summed E-state index contributed by atoms with van der Waals surface area (Å²) in [5.41, 5.74) is 0. The molecule has 102 valence electrons. The van der Waals surface area contributed by atoms with Crippen molar-refractivity contribution < 1.29 is 0 Å². The van der Waals surface area contributed by atoms with Crippen molar-refractivity contribution in [1.29, 1.82) is 0 Å². The lowest BCUT2D eigenvalue weighted by Gasteiger charge is -2.35. The molecule has 2 rings (SSSR count). The van der Waals surface area contributed by atoms with Crippen LogP contribution in [0.2, 0.25) is 0 Å². The molecule has 1 saturated carbocycles. The van der Waals surface area contributed by atoms with E-state index in [0.717, 1.165) is 30.6 Å². The molecule has 0 amide bonds. The molecule has 0 aromatic carbocycles. The number of nitrogens with one attached hydrogen (secondary N) is 1. The Kier molecular flexibility index (Phi) is 4.75. The van der Waals surface area contributed by atoms with Crippen LogP contribution in [-0.4, -0.2) is 27.4 Å². The zero-order chi connectivity index (χ0) is 13.0. The fourth-order valence-corrected chi connectivity index (χ4v) is 3.11. The molecule has 2 atom stereocenters. The third kappa shape index (κ3) is 3.31. The van der Waals surface area contributed by atoms with E-state index in [1.165, 1.54) is 25.7 Å². The van der Waals surface area contributed by atoms with Crippen LogP contribution in [0.4, 0.5) is 0 Å². The molecule has 0 saturated heterocycles. The van der Waals surface area contributed by atoms with Crippen LogP contribution in [0.1, 0.15) is 45.4 Å². The molecule has 18 heavy (non-hydrogen) atoms. The molecule has 0 aliphatic heterocycles. The smallest absolute Gasteiger partial charge is 0.133 e. The number of nitrogens with zero attached hydrogens (tertiary/aromatic N) is 3. The van der Waals surface area contributed by atoms with Gasteiger partial charge >= 0.3 is 0 Å². The van der Waals surface area contributed by atoms with Gasteiger partial charge in [0.2, 0.25) is 0 Å². The van der Waals surface area contributed by atoms with Gasteiger partial charge in [0.1, 0.15) is 12.2 Å². The first-order valence-corrected chi connectivity index (χ1v) is 7.24. The van der Waals surface area contributed by atoms with E-state index in [1.807, 2.05) is 11.6 Å². The monoisotopic (exact) mass is 250 g/mol. The Labute approximate surface area is 110 Å². The third-order valence-electron chi connectivity index (χ3n) is 4.24. The Balaban J connectivity index is 1.79. The maximum atomic E-state index is 4.13. The van der Waals surface area contributed by atoms with Crippen molar-refractivity contribution in [3.8, 4) is 0 Å². The first-order valence-electron chi connectivity index (χ1n) is 7.24. The van der Waals surface area contributed by atoms with Gasteiger partial charge in [0.25, 0.3) is 0 Å². The Morgan fingerprint density at radius 3 is 2.83 bits per heavy atom. The van der Waals surface area contributed by atoms with Gasteiger partial charge in [-0.3, -0.25) is 0 Å². The van der Waals surface area contributed by atoms with Gasteiger partial charge in [-0.1, -0.05) is 26.7 Å². The summed E-state index contributed by atoms with van der Waals surface area (Å²) in [6, 6.07) is 0.701. The normalized spacial score (nSPS) is 24.7. The molecule has 1 aliphatic carbocycles. The van der Waals surface area contributed by atoms with Crippen molar-refractivity contribution in [1.82, 2.24) is 20.1 Å². The molecule has 1 aliphatic rings. The molecule has 4 nitrogen and oxygen atoms in total. The van der Waals surface area contributed by atoms with Crippen LogP contribution in [0.5, 0.6) is 0 Å². The topological polar surface area (TPSA) is 42.7 Å². The fourth-order valence-electron chi connectivity index (χ4n) is 3.11. The van der Waals surface area contributed by atoms with E-state index in [2.05, 4.69) is 29.4 Å². The summed E-state index contributed by atoms with van der Waals surface area (Å²) in [5, 5.41) is 11.8. The zero-order valence-electron chi connectivity index (χ0n) is 11.9. The molecular weight excluding hydrogens is 224 g/mol. The van der Waals surface area contributed by atoms with E-state index >= 15 is 0 Å². The third-order valence-corrected chi connectivity index (χ3v) is 4.24. The van der Waals surface area contributed by atoms with E-state index in [0.29, 0.717) is 6.04 Å². The lowest BCUT2D eigenvalue weighted by molar-refractivity contribution is 0.206. The summed E-state index contributed by atoms with van der Waals surface area (Å²) in [6.07, 6.45) is 8.25. The highest BCUT2D eigenvalue weighted by Gasteiger charge is 2.26. The highest BCUT2D eigenvalue weighted by atomic mass is 15.2. The van der Waals surface area contributed by atoms with E-state index in [9.17, 15) is 0 Å². The maximum Gasteiger partial charge on any atom is 0.133 e. The summed E-state index contributed by atoms with van der Waals surface area (Å²) in [4.78, 5) is 0. The van der Waals surface area contributed by atoms with Gasteiger partial charge in [0, 0.05) is 26.1 Å². The van der Waals surface area contributed by atoms with Gasteiger partial charge in [-0.15, -0.1) is 10.2 Å². The SMILES string of the molecule is CC(C)C1CCCCC1NCCc1nncn1C. The predicted molar refractivity (Wildman–Crippen MR) is 73.3 cm³/mol. The molecular formula is C14H26N4. The maximum absolute atomic E-state index is 4.13. The lowest BCUT2D eigenvalue weighted by Crippen LogP contribution is -2.41. The predicted octanol–water partition coefficient (Wildman–Crippen LogP) is 2.16. The molecule has 0 radical (unpaired) electrons. The van der Waals surface area contributed by atoms with Crippen molar-refractivity contribution in [3.05, 3.63) is 12.2 Å². The molecule has 1 N–H and O–H groups in total. The molecule has 4 heteroatoms. The summed E-state index contributed by atoms with van der Waals surface area (Å²) in [7, 11) is 2.01. The van der Waals surface area contributed by atoms with Gasteiger partial charge in [0.15, 0.2) is 0 Å². The summed E-state index contributed by atoms with van der Waals surface area (Å²) in [5.74, 6) is 2.70. The van der Waals surface area contributed by atoms with Crippen molar-refractivity contribution in [2.24, 2.45) is 18.9 Å². The Hall–Kier alpha value is -0.900. The minimum absolute atomic E-state index is 0.701. The number of aromatic nitrogens is 3. The number of rotatable bonds is 5. The second kappa shape index (κ2) is 6.32. The van der Waals surface area contributed by atoms with Gasteiger partial charge in [-0.05, 0) is 24.7 Å². The molecule has 1 fully saturated rings. The van der Waals surface area contributed by atoms with Gasteiger partial charge in [-0.25, -0.2) is 0 Å². The van der Waals surface area contributed by atoms with Gasteiger partial charge in [0.05, 0.1) is 0 Å². The molecule has 0 bridgehead atoms. The van der Waals surface area contributed by atoms with Gasteiger partial charge in [-0.2, -0.15) is 0 Å². The van der Waals surface area contributed by atoms with Gasteiger partial charge < -0.3 is 9.88 Å². The van der Waals surface area contributed by atoms with Crippen molar-refractivity contribution in [2.75, 3.05) is 6.54 Å². The fraction of sp³-hybridized carbons (Fsp3) is 0.857. The first-order chi connectivity index (χ1) is 8.68. The zero-order valence-corrected chi connectivity index (χ0v) is 11.9. The summed E-state index contributed by atoms with van der Waals surface area (Å²) in [6.45, 7) is 5.72. The standard InChI is InChI=1S/C14H26N4/c1-11(2)12-6-4-5-7-13(12)15-9-8-14-17-16-10-18(14)3/h10-13,15H,4-9H2,1-3H3. The Morgan fingerprint density at radius 1 is 1.39 bits per heavy atom. The minimum Gasteiger partial charge on any atom is -0.321 e. The van der Waals surface area contributed by atoms with Crippen molar-refractivity contribution in [3.63, 3.8) is 0 Å². The second-order valence-corrected chi connectivity index (χ2v) is 5.86. The van der Waals surface area contributed by atoms with E-state index in [4.69, 9.17) is 0 Å². The number of hydrogen-bond acceptors (Lipinski definition) is 3. The van der Waals surface area contributed by atoms with Crippen LogP contribution >= 0.6 is 0 Å². The van der Waals surface area contributed by atoms with Crippen LogP contribution in [0.3, 0.4) is 0 Å². The lowest BCUT2D eigenvalue weighted by atomic mass is 9.78. The molecule has 1 aromatic rings. The van der Waals surface area contributed by atoms with Crippen LogP contribution < -0.4 is 5.32 Å².